The van der Waals surface area contributed by atoms with E-state index in [2.05, 4.69) is 30.8 Å². The molecule has 0 radical (unpaired) electrons. The van der Waals surface area contributed by atoms with E-state index in [9.17, 15) is 18.0 Å². The number of amides is 1. The van der Waals surface area contributed by atoms with Gasteiger partial charge < -0.3 is 10.6 Å². The lowest BCUT2D eigenvalue weighted by molar-refractivity contribution is -0.146. The second-order valence-electron chi connectivity index (χ2n) is 7.40. The molecule has 1 fully saturated rings. The van der Waals surface area contributed by atoms with Crippen LogP contribution in [0.4, 0.5) is 19.0 Å². The minimum Gasteiger partial charge on any atom is -0.366 e. The Morgan fingerprint density at radius 2 is 1.86 bits per heavy atom. The first-order valence-corrected chi connectivity index (χ1v) is 9.76. The minimum absolute atomic E-state index is 0.0177. The topological polar surface area (TPSA) is 87.5 Å². The molecule has 0 aromatic carbocycles. The number of hydrogen-bond acceptors (Lipinski definition) is 6. The van der Waals surface area contributed by atoms with Gasteiger partial charge in [0.05, 0.1) is 6.54 Å². The summed E-state index contributed by atoms with van der Waals surface area (Å²) in [6.45, 7) is 8.03. The van der Waals surface area contributed by atoms with Crippen molar-refractivity contribution in [3.05, 3.63) is 17.0 Å². The molecule has 11 heteroatoms. The van der Waals surface area contributed by atoms with Crippen molar-refractivity contribution in [1.29, 1.82) is 0 Å². The van der Waals surface area contributed by atoms with Crippen molar-refractivity contribution in [1.82, 2.24) is 30.0 Å². The van der Waals surface area contributed by atoms with E-state index < -0.39 is 12.0 Å². The number of nitrogens with one attached hydrogen (secondary N) is 2. The van der Waals surface area contributed by atoms with E-state index in [0.29, 0.717) is 24.5 Å². The highest BCUT2D eigenvalue weighted by Gasteiger charge is 2.38. The van der Waals surface area contributed by atoms with E-state index in [1.807, 2.05) is 6.92 Å². The predicted molar refractivity (Wildman–Crippen MR) is 102 cm³/mol. The Hall–Kier alpha value is -2.43. The second-order valence-corrected chi connectivity index (χ2v) is 7.40. The van der Waals surface area contributed by atoms with Gasteiger partial charge in [0, 0.05) is 31.2 Å². The van der Waals surface area contributed by atoms with Gasteiger partial charge in [-0.2, -0.15) is 17.7 Å². The molecule has 0 aliphatic carbocycles. The van der Waals surface area contributed by atoms with Crippen molar-refractivity contribution >= 4 is 17.4 Å². The molecular weight excluding hydrogens is 387 g/mol. The molecule has 0 atom stereocenters. The fourth-order valence-corrected chi connectivity index (χ4v) is 3.39. The zero-order valence-corrected chi connectivity index (χ0v) is 16.8. The molecule has 0 bridgehead atoms. The number of anilines is 1. The maximum atomic E-state index is 13.2. The summed E-state index contributed by atoms with van der Waals surface area (Å²) in [5.41, 5.74) is 1.46. The van der Waals surface area contributed by atoms with Crippen LogP contribution in [0.5, 0.6) is 0 Å². The Morgan fingerprint density at radius 1 is 1.17 bits per heavy atom. The number of aryl methyl sites for hydroxylation is 1. The van der Waals surface area contributed by atoms with Crippen molar-refractivity contribution in [3.8, 4) is 0 Å². The average Bonchev–Trinajstić information content (AvgIpc) is 3.10. The normalized spacial score (nSPS) is 16.3. The summed E-state index contributed by atoms with van der Waals surface area (Å²) in [4.78, 5) is 13.9. The summed E-state index contributed by atoms with van der Waals surface area (Å²) in [7, 11) is 0. The van der Waals surface area contributed by atoms with E-state index in [-0.39, 0.29) is 17.6 Å². The Morgan fingerprint density at radius 3 is 2.48 bits per heavy atom. The zero-order chi connectivity index (χ0) is 21.2. The van der Waals surface area contributed by atoms with Gasteiger partial charge in [-0.1, -0.05) is 6.92 Å². The van der Waals surface area contributed by atoms with Gasteiger partial charge in [0.15, 0.2) is 11.5 Å². The molecule has 0 unspecified atom stereocenters. The fraction of sp³-hybridized carbons (Fsp3) is 0.667. The molecule has 3 heterocycles. The fourth-order valence-electron chi connectivity index (χ4n) is 3.39. The number of alkyl halides is 3. The van der Waals surface area contributed by atoms with Crippen molar-refractivity contribution in [2.45, 2.75) is 52.3 Å². The van der Waals surface area contributed by atoms with Gasteiger partial charge in [-0.3, -0.25) is 9.69 Å². The Kier molecular flexibility index (Phi) is 6.25. The highest BCUT2D eigenvalue weighted by Crippen LogP contribution is 2.30. The summed E-state index contributed by atoms with van der Waals surface area (Å²) < 4.78 is 40.3. The molecule has 1 aliphatic rings. The molecule has 8 nitrogen and oxygen atoms in total. The molecule has 160 valence electrons. The molecule has 29 heavy (non-hydrogen) atoms. The maximum Gasteiger partial charge on any atom is 0.453 e. The van der Waals surface area contributed by atoms with Gasteiger partial charge in [-0.15, -0.1) is 15.3 Å². The van der Waals surface area contributed by atoms with Crippen LogP contribution in [0.1, 0.15) is 43.1 Å². The second kappa shape index (κ2) is 8.52. The molecule has 0 saturated carbocycles. The van der Waals surface area contributed by atoms with Gasteiger partial charge in [-0.05, 0) is 38.7 Å². The van der Waals surface area contributed by atoms with Gasteiger partial charge >= 0.3 is 6.18 Å². The van der Waals surface area contributed by atoms with Gasteiger partial charge in [0.1, 0.15) is 0 Å². The van der Waals surface area contributed by atoms with Crippen LogP contribution < -0.4 is 10.6 Å². The molecule has 2 N–H and O–H groups in total. The third-order valence-electron chi connectivity index (χ3n) is 5.22. The number of rotatable bonds is 6. The number of fused-ring (bicyclic) bond motifs is 1. The Balaban J connectivity index is 1.68. The van der Waals surface area contributed by atoms with Crippen LogP contribution in [-0.4, -0.2) is 62.8 Å². The predicted octanol–water partition coefficient (Wildman–Crippen LogP) is 2.16. The highest BCUT2D eigenvalue weighted by atomic mass is 19.4. The van der Waals surface area contributed by atoms with E-state index >= 15 is 0 Å². The van der Waals surface area contributed by atoms with Crippen molar-refractivity contribution in [2.75, 3.05) is 31.5 Å². The van der Waals surface area contributed by atoms with Crippen molar-refractivity contribution in [3.63, 3.8) is 0 Å². The third kappa shape index (κ3) is 4.77. The van der Waals surface area contributed by atoms with Crippen LogP contribution in [0.15, 0.2) is 0 Å². The third-order valence-corrected chi connectivity index (χ3v) is 5.22. The molecular formula is C18H26F3N7O. The molecule has 1 saturated heterocycles. The molecule has 2 aromatic heterocycles. The van der Waals surface area contributed by atoms with Crippen LogP contribution in [0, 0.1) is 13.8 Å². The van der Waals surface area contributed by atoms with Crippen LogP contribution in [-0.2, 0) is 11.0 Å². The average molecular weight is 413 g/mol. The minimum atomic E-state index is -4.63. The van der Waals surface area contributed by atoms with E-state index in [4.69, 9.17) is 0 Å². The monoisotopic (exact) mass is 413 g/mol. The summed E-state index contributed by atoms with van der Waals surface area (Å²) in [5, 5.41) is 17.2. The molecule has 1 amide bonds. The van der Waals surface area contributed by atoms with Crippen LogP contribution in [0.2, 0.25) is 0 Å². The van der Waals surface area contributed by atoms with Gasteiger partial charge in [0.2, 0.25) is 5.91 Å². The molecule has 0 spiro atoms. The first-order valence-electron chi connectivity index (χ1n) is 9.76. The summed E-state index contributed by atoms with van der Waals surface area (Å²) in [6, 6.07) is 0.0684. The zero-order valence-electron chi connectivity index (χ0n) is 16.8. The lowest BCUT2D eigenvalue weighted by atomic mass is 10.0. The summed E-state index contributed by atoms with van der Waals surface area (Å²) in [6.07, 6.45) is -2.19. The molecule has 3 rings (SSSR count). The van der Waals surface area contributed by atoms with Crippen LogP contribution in [0.25, 0.3) is 5.65 Å². The van der Waals surface area contributed by atoms with E-state index in [1.54, 1.807) is 13.8 Å². The quantitative estimate of drug-likeness (QED) is 0.755. The van der Waals surface area contributed by atoms with Gasteiger partial charge in [0.25, 0.3) is 5.82 Å². The SMILES string of the molecule is CCCNC(=O)CN1CCC(Nc2nn3c(C(F)(F)F)nnc3c(C)c2C)CC1. The van der Waals surface area contributed by atoms with Crippen molar-refractivity contribution < 1.29 is 18.0 Å². The molecule has 1 aliphatic heterocycles. The number of hydrogen-bond donors (Lipinski definition) is 2. The van der Waals surface area contributed by atoms with E-state index in [1.165, 1.54) is 0 Å². The number of aromatic nitrogens is 4. The Bertz CT molecular complexity index is 872. The van der Waals surface area contributed by atoms with E-state index in [0.717, 1.165) is 42.4 Å². The van der Waals surface area contributed by atoms with Crippen molar-refractivity contribution in [2.24, 2.45) is 0 Å². The number of carbonyl (C=O) groups is 1. The number of likely N-dealkylation sites (tertiary alicyclic amines) is 1. The van der Waals surface area contributed by atoms with Crippen LogP contribution in [0.3, 0.4) is 0 Å². The maximum absolute atomic E-state index is 13.2. The lowest BCUT2D eigenvalue weighted by Gasteiger charge is -2.32. The number of piperidine rings is 1. The highest BCUT2D eigenvalue weighted by molar-refractivity contribution is 5.78. The largest absolute Gasteiger partial charge is 0.453 e. The smallest absolute Gasteiger partial charge is 0.366 e. The number of carbonyl (C=O) groups excluding carboxylic acids is 1. The number of halogens is 3. The summed E-state index contributed by atoms with van der Waals surface area (Å²) in [5.74, 6) is -0.713. The lowest BCUT2D eigenvalue weighted by Crippen LogP contribution is -2.44. The standard InChI is InChI=1S/C18H26F3N7O/c1-4-7-22-14(29)10-27-8-5-13(6-9-27)23-15-11(2)12(3)16-24-25-17(18(19,20)21)28(16)26-15/h13H,4-10H2,1-3H3,(H,22,29)(H,23,26). The molecule has 2 aromatic rings. The first-order chi connectivity index (χ1) is 13.7. The van der Waals surface area contributed by atoms with Gasteiger partial charge in [-0.25, -0.2) is 0 Å². The number of nitrogens with zero attached hydrogens (tertiary/aromatic N) is 5. The first kappa shape index (κ1) is 21.3. The van der Waals surface area contributed by atoms with Crippen LogP contribution >= 0.6 is 0 Å². The summed E-state index contributed by atoms with van der Waals surface area (Å²) >= 11 is 0. The Labute approximate surface area is 166 Å².